The second-order valence-electron chi connectivity index (χ2n) is 4.10. The summed E-state index contributed by atoms with van der Waals surface area (Å²) in [4.78, 5) is 6.48. The maximum absolute atomic E-state index is 9.45. The predicted octanol–water partition coefficient (Wildman–Crippen LogP) is 0.771. The zero-order valence-corrected chi connectivity index (χ0v) is 11.0. The molecule has 1 unspecified atom stereocenters. The van der Waals surface area contributed by atoms with Crippen LogP contribution in [0.4, 0.5) is 0 Å². The van der Waals surface area contributed by atoms with Crippen molar-refractivity contribution in [1.82, 2.24) is 15.0 Å². The molecule has 0 saturated heterocycles. The fourth-order valence-corrected chi connectivity index (χ4v) is 1.65. The smallest absolute Gasteiger partial charge is 0.229 e. The zero-order chi connectivity index (χ0) is 13.4. The molecule has 0 aliphatic carbocycles. The number of aliphatic hydroxyl groups excluding tert-OH is 1. The van der Waals surface area contributed by atoms with Gasteiger partial charge in [0, 0.05) is 13.0 Å². The number of likely N-dealkylation sites (N-methyl/N-ethyl adjacent to an activating group) is 1. The van der Waals surface area contributed by atoms with Gasteiger partial charge in [-0.15, -0.1) is 0 Å². The van der Waals surface area contributed by atoms with Gasteiger partial charge in [-0.3, -0.25) is 0 Å². The lowest BCUT2D eigenvalue weighted by Gasteiger charge is -2.16. The van der Waals surface area contributed by atoms with Gasteiger partial charge in [-0.05, 0) is 13.1 Å². The van der Waals surface area contributed by atoms with E-state index in [0.717, 1.165) is 26.1 Å². The topological polar surface area (TPSA) is 86.2 Å². The van der Waals surface area contributed by atoms with Crippen LogP contribution in [0, 0.1) is 11.3 Å². The van der Waals surface area contributed by atoms with Crippen LogP contribution in [0.15, 0.2) is 4.52 Å². The minimum absolute atomic E-state index is 0.0805. The third kappa shape index (κ3) is 4.82. The molecule has 1 aromatic heterocycles. The van der Waals surface area contributed by atoms with E-state index in [1.165, 1.54) is 0 Å². The van der Waals surface area contributed by atoms with Gasteiger partial charge in [0.05, 0.1) is 25.0 Å². The van der Waals surface area contributed by atoms with Crippen molar-refractivity contribution < 1.29 is 9.63 Å². The monoisotopic (exact) mass is 252 g/mol. The third-order valence-corrected chi connectivity index (χ3v) is 2.79. The van der Waals surface area contributed by atoms with Crippen LogP contribution in [0.5, 0.6) is 0 Å². The number of rotatable bonds is 8. The summed E-state index contributed by atoms with van der Waals surface area (Å²) in [5.41, 5.74) is 0. The Hall–Kier alpha value is -1.45. The molecule has 1 rings (SSSR count). The molecular formula is C12H20N4O2. The molecule has 0 amide bonds. The molecule has 1 N–H and O–H groups in total. The van der Waals surface area contributed by atoms with Crippen molar-refractivity contribution in [2.45, 2.75) is 39.2 Å². The Balaban J connectivity index is 2.41. The van der Waals surface area contributed by atoms with Crippen molar-refractivity contribution in [1.29, 1.82) is 5.26 Å². The molecule has 18 heavy (non-hydrogen) atoms. The van der Waals surface area contributed by atoms with Crippen LogP contribution in [0.25, 0.3) is 0 Å². The highest BCUT2D eigenvalue weighted by Crippen LogP contribution is 2.04. The van der Waals surface area contributed by atoms with E-state index in [9.17, 15) is 5.11 Å². The van der Waals surface area contributed by atoms with E-state index in [1.54, 1.807) is 0 Å². The Kier molecular flexibility index (Phi) is 6.33. The first-order chi connectivity index (χ1) is 8.69. The molecule has 0 saturated carbocycles. The molecule has 0 aliphatic rings. The minimum Gasteiger partial charge on any atom is -0.392 e. The first-order valence-electron chi connectivity index (χ1n) is 6.28. The van der Waals surface area contributed by atoms with Crippen molar-refractivity contribution in [2.75, 3.05) is 19.6 Å². The predicted molar refractivity (Wildman–Crippen MR) is 65.7 cm³/mol. The van der Waals surface area contributed by atoms with Gasteiger partial charge in [-0.1, -0.05) is 19.0 Å². The van der Waals surface area contributed by atoms with E-state index < -0.39 is 6.10 Å². The van der Waals surface area contributed by atoms with Crippen molar-refractivity contribution in [3.63, 3.8) is 0 Å². The highest BCUT2D eigenvalue weighted by Gasteiger charge is 2.12. The molecule has 1 heterocycles. The van der Waals surface area contributed by atoms with Crippen LogP contribution in [0.3, 0.4) is 0 Å². The minimum atomic E-state index is -0.730. The van der Waals surface area contributed by atoms with Crippen LogP contribution < -0.4 is 0 Å². The first-order valence-corrected chi connectivity index (χ1v) is 6.28. The van der Waals surface area contributed by atoms with Gasteiger partial charge in [0.2, 0.25) is 5.89 Å². The lowest BCUT2D eigenvalue weighted by molar-refractivity contribution is 0.167. The van der Waals surface area contributed by atoms with E-state index >= 15 is 0 Å². The average molecular weight is 252 g/mol. The summed E-state index contributed by atoms with van der Waals surface area (Å²) in [6.45, 7) is 7.13. The van der Waals surface area contributed by atoms with Gasteiger partial charge < -0.3 is 14.5 Å². The number of aromatic nitrogens is 2. The molecule has 0 bridgehead atoms. The molecule has 0 aliphatic heterocycles. The number of hydrogen-bond acceptors (Lipinski definition) is 6. The maximum atomic E-state index is 9.45. The molecule has 6 nitrogen and oxygen atoms in total. The van der Waals surface area contributed by atoms with Gasteiger partial charge in [0.1, 0.15) is 0 Å². The summed E-state index contributed by atoms with van der Waals surface area (Å²) in [6.07, 6.45) is 0.328. The molecule has 0 fully saturated rings. The van der Waals surface area contributed by atoms with E-state index in [1.807, 2.05) is 6.07 Å². The summed E-state index contributed by atoms with van der Waals surface area (Å²) in [5, 5.41) is 21.7. The molecular weight excluding hydrogens is 232 g/mol. The Bertz CT molecular complexity index is 382. The van der Waals surface area contributed by atoms with E-state index in [-0.39, 0.29) is 12.8 Å². The quantitative estimate of drug-likeness (QED) is 0.735. The summed E-state index contributed by atoms with van der Waals surface area (Å²) >= 11 is 0. The SMILES string of the molecule is CCN(CC)CCc1noc(CC(O)CC#N)n1. The standard InChI is InChI=1S/C12H20N4O2/c1-3-16(4-2)8-6-11-14-12(18-15-11)9-10(17)5-7-13/h10,17H,3-6,8-9H2,1-2H3. The maximum Gasteiger partial charge on any atom is 0.229 e. The van der Waals surface area contributed by atoms with Crippen molar-refractivity contribution in [3.05, 3.63) is 11.7 Å². The normalized spacial score (nSPS) is 12.6. The molecule has 0 radical (unpaired) electrons. The molecule has 1 atom stereocenters. The molecule has 6 heteroatoms. The van der Waals surface area contributed by atoms with Crippen LogP contribution in [0.1, 0.15) is 32.0 Å². The van der Waals surface area contributed by atoms with E-state index in [2.05, 4.69) is 28.9 Å². The summed E-state index contributed by atoms with van der Waals surface area (Å²) in [6, 6.07) is 1.90. The third-order valence-electron chi connectivity index (χ3n) is 2.79. The van der Waals surface area contributed by atoms with Crippen molar-refractivity contribution >= 4 is 0 Å². The van der Waals surface area contributed by atoms with E-state index in [0.29, 0.717) is 11.7 Å². The fourth-order valence-electron chi connectivity index (χ4n) is 1.65. The largest absolute Gasteiger partial charge is 0.392 e. The Labute approximate surface area is 107 Å². The van der Waals surface area contributed by atoms with Crippen molar-refractivity contribution in [2.24, 2.45) is 0 Å². The Morgan fingerprint density at radius 2 is 2.17 bits per heavy atom. The Morgan fingerprint density at radius 3 is 2.78 bits per heavy atom. The fraction of sp³-hybridized carbons (Fsp3) is 0.750. The van der Waals surface area contributed by atoms with Gasteiger partial charge in [-0.25, -0.2) is 0 Å². The average Bonchev–Trinajstić information content (AvgIpc) is 2.78. The van der Waals surface area contributed by atoms with Crippen LogP contribution in [0.2, 0.25) is 0 Å². The van der Waals surface area contributed by atoms with Crippen LogP contribution in [-0.4, -0.2) is 45.9 Å². The highest BCUT2D eigenvalue weighted by molar-refractivity contribution is 4.90. The van der Waals surface area contributed by atoms with Gasteiger partial charge in [-0.2, -0.15) is 10.2 Å². The van der Waals surface area contributed by atoms with Gasteiger partial charge in [0.25, 0.3) is 0 Å². The summed E-state index contributed by atoms with van der Waals surface area (Å²) in [5.74, 6) is 1.05. The second kappa shape index (κ2) is 7.80. The molecule has 100 valence electrons. The molecule has 0 spiro atoms. The van der Waals surface area contributed by atoms with Crippen LogP contribution >= 0.6 is 0 Å². The highest BCUT2D eigenvalue weighted by atomic mass is 16.5. The summed E-state index contributed by atoms with van der Waals surface area (Å²) < 4.78 is 5.03. The number of nitrogens with zero attached hydrogens (tertiary/aromatic N) is 4. The van der Waals surface area contributed by atoms with Crippen molar-refractivity contribution in [3.8, 4) is 6.07 Å². The summed E-state index contributed by atoms with van der Waals surface area (Å²) in [7, 11) is 0. The zero-order valence-electron chi connectivity index (χ0n) is 11.0. The lowest BCUT2D eigenvalue weighted by atomic mass is 10.2. The second-order valence-corrected chi connectivity index (χ2v) is 4.10. The van der Waals surface area contributed by atoms with Crippen LogP contribution in [-0.2, 0) is 12.8 Å². The van der Waals surface area contributed by atoms with Gasteiger partial charge >= 0.3 is 0 Å². The molecule has 1 aromatic rings. The Morgan fingerprint density at radius 1 is 1.44 bits per heavy atom. The first kappa shape index (κ1) is 14.6. The van der Waals surface area contributed by atoms with Gasteiger partial charge in [0.15, 0.2) is 5.82 Å². The number of hydrogen-bond donors (Lipinski definition) is 1. The number of nitriles is 1. The molecule has 0 aromatic carbocycles. The number of aliphatic hydroxyl groups is 1. The lowest BCUT2D eigenvalue weighted by Crippen LogP contribution is -2.25. The van der Waals surface area contributed by atoms with E-state index in [4.69, 9.17) is 9.78 Å².